The highest BCUT2D eigenvalue weighted by Crippen LogP contribution is 2.39. The molecule has 28 heavy (non-hydrogen) atoms. The van der Waals surface area contributed by atoms with Gasteiger partial charge in [-0.3, -0.25) is 4.79 Å². The van der Waals surface area contributed by atoms with Crippen molar-refractivity contribution >= 4 is 39.8 Å². The maximum absolute atomic E-state index is 12.6. The first-order valence-electron chi connectivity index (χ1n) is 8.62. The van der Waals surface area contributed by atoms with Crippen molar-refractivity contribution in [3.63, 3.8) is 0 Å². The number of hydrogen-bond donors (Lipinski definition) is 1. The van der Waals surface area contributed by atoms with Crippen LogP contribution < -0.4 is 5.32 Å². The normalized spacial score (nSPS) is 10.7. The number of nitrogens with one attached hydrogen (secondary N) is 1. The van der Waals surface area contributed by atoms with Gasteiger partial charge >= 0.3 is 5.97 Å². The smallest absolute Gasteiger partial charge is 0.341 e. The Hall–Kier alpha value is -2.71. The predicted octanol–water partition coefficient (Wildman–Crippen LogP) is 4.09. The molecule has 3 aromatic rings. The highest BCUT2D eigenvalue weighted by atomic mass is 35.5. The van der Waals surface area contributed by atoms with Crippen LogP contribution in [0.5, 0.6) is 0 Å². The van der Waals surface area contributed by atoms with Gasteiger partial charge in [-0.05, 0) is 26.8 Å². The van der Waals surface area contributed by atoms with Crippen molar-refractivity contribution in [3.8, 4) is 11.1 Å². The molecule has 0 aliphatic carbocycles. The second kappa shape index (κ2) is 8.53. The Kier molecular flexibility index (Phi) is 6.11. The van der Waals surface area contributed by atoms with Crippen LogP contribution in [0, 0.1) is 13.8 Å². The topological polar surface area (TPSA) is 86.1 Å². The lowest BCUT2D eigenvalue weighted by Gasteiger charge is -2.10. The van der Waals surface area contributed by atoms with Gasteiger partial charge in [-0.1, -0.05) is 29.8 Å². The van der Waals surface area contributed by atoms with Gasteiger partial charge in [0.25, 0.3) is 0 Å². The number of benzene rings is 1. The summed E-state index contributed by atoms with van der Waals surface area (Å²) in [6, 6.07) is 7.22. The summed E-state index contributed by atoms with van der Waals surface area (Å²) in [5.74, 6) is 0.406. The highest BCUT2D eigenvalue weighted by molar-refractivity contribution is 7.15. The predicted molar refractivity (Wildman–Crippen MR) is 109 cm³/mol. The van der Waals surface area contributed by atoms with Crippen molar-refractivity contribution in [2.24, 2.45) is 0 Å². The fourth-order valence-electron chi connectivity index (χ4n) is 2.75. The molecule has 0 fully saturated rings. The van der Waals surface area contributed by atoms with Crippen molar-refractivity contribution in [1.29, 1.82) is 0 Å². The van der Waals surface area contributed by atoms with Crippen LogP contribution in [0.4, 0.5) is 5.00 Å². The molecule has 1 N–H and O–H groups in total. The Morgan fingerprint density at radius 2 is 2.00 bits per heavy atom. The molecule has 0 spiro atoms. The zero-order valence-electron chi connectivity index (χ0n) is 15.7. The SMILES string of the molecule is CCOC(=O)c1c(-c2ccccc2Cl)csc1NC(=O)Cn1nc(C)nc1C. The zero-order valence-corrected chi connectivity index (χ0v) is 17.2. The van der Waals surface area contributed by atoms with E-state index in [0.717, 1.165) is 0 Å². The van der Waals surface area contributed by atoms with Crippen molar-refractivity contribution in [1.82, 2.24) is 14.8 Å². The quantitative estimate of drug-likeness (QED) is 0.609. The highest BCUT2D eigenvalue weighted by Gasteiger charge is 2.24. The van der Waals surface area contributed by atoms with Gasteiger partial charge in [0.2, 0.25) is 5.91 Å². The number of nitrogens with zero attached hydrogens (tertiary/aromatic N) is 3. The number of carbonyl (C=O) groups excluding carboxylic acids is 2. The summed E-state index contributed by atoms with van der Waals surface area (Å²) in [6.45, 7) is 5.48. The third kappa shape index (κ3) is 4.23. The summed E-state index contributed by atoms with van der Waals surface area (Å²) in [5.41, 5.74) is 1.61. The number of rotatable bonds is 6. The minimum absolute atomic E-state index is 0.00569. The number of ether oxygens (including phenoxy) is 1. The maximum Gasteiger partial charge on any atom is 0.341 e. The Morgan fingerprint density at radius 3 is 2.64 bits per heavy atom. The molecule has 0 unspecified atom stereocenters. The molecule has 2 aromatic heterocycles. The molecule has 9 heteroatoms. The van der Waals surface area contributed by atoms with Gasteiger partial charge in [-0.15, -0.1) is 11.3 Å². The standard InChI is InChI=1S/C19H19ClN4O3S/c1-4-27-19(26)17-14(13-7-5-6-8-15(13)20)10-28-18(17)22-16(25)9-24-12(3)21-11(2)23-24/h5-8,10H,4,9H2,1-3H3,(H,22,25). The van der Waals surface area contributed by atoms with Gasteiger partial charge in [0, 0.05) is 21.5 Å². The molecule has 1 amide bonds. The first kappa shape index (κ1) is 20.0. The minimum atomic E-state index is -0.512. The molecule has 0 aliphatic heterocycles. The number of carbonyl (C=O) groups is 2. The first-order chi connectivity index (χ1) is 13.4. The number of aryl methyl sites for hydroxylation is 2. The number of hydrogen-bond acceptors (Lipinski definition) is 6. The molecular formula is C19H19ClN4O3S. The number of esters is 1. The monoisotopic (exact) mass is 418 g/mol. The molecule has 0 atom stereocenters. The van der Waals surface area contributed by atoms with Crippen LogP contribution in [0.25, 0.3) is 11.1 Å². The van der Waals surface area contributed by atoms with Crippen LogP contribution in [-0.4, -0.2) is 33.2 Å². The Labute approximate surface area is 171 Å². The number of aromatic nitrogens is 3. The van der Waals surface area contributed by atoms with Crippen molar-refractivity contribution in [3.05, 3.63) is 51.9 Å². The third-order valence-electron chi connectivity index (χ3n) is 3.94. The van der Waals surface area contributed by atoms with Crippen LogP contribution in [0.15, 0.2) is 29.6 Å². The number of halogens is 1. The van der Waals surface area contributed by atoms with Crippen molar-refractivity contribution < 1.29 is 14.3 Å². The number of anilines is 1. The minimum Gasteiger partial charge on any atom is -0.462 e. The van der Waals surface area contributed by atoms with E-state index in [0.29, 0.717) is 38.4 Å². The van der Waals surface area contributed by atoms with Crippen LogP contribution in [0.2, 0.25) is 5.02 Å². The molecule has 0 saturated heterocycles. The zero-order chi connectivity index (χ0) is 20.3. The molecule has 3 rings (SSSR count). The molecule has 0 saturated carbocycles. The van der Waals surface area contributed by atoms with E-state index in [1.807, 2.05) is 18.2 Å². The molecular weight excluding hydrogens is 400 g/mol. The third-order valence-corrected chi connectivity index (χ3v) is 5.17. The van der Waals surface area contributed by atoms with Gasteiger partial charge in [0.1, 0.15) is 28.8 Å². The molecule has 0 aliphatic rings. The van der Waals surface area contributed by atoms with E-state index >= 15 is 0 Å². The van der Waals surface area contributed by atoms with Crippen LogP contribution in [0.1, 0.15) is 28.9 Å². The van der Waals surface area contributed by atoms with Crippen LogP contribution in [-0.2, 0) is 16.1 Å². The van der Waals surface area contributed by atoms with E-state index in [4.69, 9.17) is 16.3 Å². The van der Waals surface area contributed by atoms with E-state index in [-0.39, 0.29) is 19.1 Å². The average Bonchev–Trinajstić information content (AvgIpc) is 3.18. The van der Waals surface area contributed by atoms with Gasteiger partial charge in [-0.25, -0.2) is 14.5 Å². The lowest BCUT2D eigenvalue weighted by Crippen LogP contribution is -2.21. The van der Waals surface area contributed by atoms with E-state index in [1.165, 1.54) is 16.0 Å². The molecule has 2 heterocycles. The van der Waals surface area contributed by atoms with Gasteiger partial charge < -0.3 is 10.1 Å². The molecule has 0 bridgehead atoms. The summed E-state index contributed by atoms with van der Waals surface area (Å²) < 4.78 is 6.71. The average molecular weight is 419 g/mol. The Bertz CT molecular complexity index is 1030. The fraction of sp³-hybridized carbons (Fsp3) is 0.263. The summed E-state index contributed by atoms with van der Waals surface area (Å²) >= 11 is 7.55. The van der Waals surface area contributed by atoms with Crippen LogP contribution >= 0.6 is 22.9 Å². The maximum atomic E-state index is 12.6. The molecule has 146 valence electrons. The summed E-state index contributed by atoms with van der Waals surface area (Å²) in [6.07, 6.45) is 0. The van der Waals surface area contributed by atoms with E-state index in [1.54, 1.807) is 32.2 Å². The van der Waals surface area contributed by atoms with Gasteiger partial charge in [-0.2, -0.15) is 5.10 Å². The van der Waals surface area contributed by atoms with Crippen molar-refractivity contribution in [2.45, 2.75) is 27.3 Å². The lowest BCUT2D eigenvalue weighted by atomic mass is 10.0. The van der Waals surface area contributed by atoms with Gasteiger partial charge in [0.05, 0.1) is 6.61 Å². The number of thiophene rings is 1. The van der Waals surface area contributed by atoms with E-state index in [2.05, 4.69) is 15.4 Å². The van der Waals surface area contributed by atoms with E-state index < -0.39 is 5.97 Å². The van der Waals surface area contributed by atoms with Gasteiger partial charge in [0.15, 0.2) is 0 Å². The fourth-order valence-corrected chi connectivity index (χ4v) is 3.95. The second-order valence-corrected chi connectivity index (χ2v) is 7.25. The summed E-state index contributed by atoms with van der Waals surface area (Å²) in [5, 5.41) is 9.68. The second-order valence-electron chi connectivity index (χ2n) is 5.97. The molecule has 7 nitrogen and oxygen atoms in total. The first-order valence-corrected chi connectivity index (χ1v) is 9.87. The molecule has 0 radical (unpaired) electrons. The van der Waals surface area contributed by atoms with Crippen LogP contribution in [0.3, 0.4) is 0 Å². The lowest BCUT2D eigenvalue weighted by molar-refractivity contribution is -0.116. The molecule has 1 aromatic carbocycles. The largest absolute Gasteiger partial charge is 0.462 e. The Balaban J connectivity index is 1.92. The summed E-state index contributed by atoms with van der Waals surface area (Å²) in [4.78, 5) is 29.3. The van der Waals surface area contributed by atoms with E-state index in [9.17, 15) is 9.59 Å². The van der Waals surface area contributed by atoms with Crippen molar-refractivity contribution in [2.75, 3.05) is 11.9 Å². The summed E-state index contributed by atoms with van der Waals surface area (Å²) in [7, 11) is 0. The Morgan fingerprint density at radius 1 is 1.25 bits per heavy atom. The number of amides is 1.